The maximum atomic E-state index is 10.8. The van der Waals surface area contributed by atoms with E-state index in [9.17, 15) is 5.11 Å². The van der Waals surface area contributed by atoms with Gasteiger partial charge in [0.25, 0.3) is 0 Å². The number of rotatable bonds is 3. The van der Waals surface area contributed by atoms with Crippen LogP contribution in [-0.2, 0) is 13.0 Å². The summed E-state index contributed by atoms with van der Waals surface area (Å²) in [4.78, 5) is 0.472. The fourth-order valence-corrected chi connectivity index (χ4v) is 7.45. The van der Waals surface area contributed by atoms with Crippen molar-refractivity contribution in [2.75, 3.05) is 0 Å². The highest BCUT2D eigenvalue weighted by molar-refractivity contribution is 9.09. The van der Waals surface area contributed by atoms with Gasteiger partial charge in [-0.1, -0.05) is 59.3 Å². The fourth-order valence-electron chi connectivity index (χ4n) is 6.63. The quantitative estimate of drug-likeness (QED) is 0.567. The van der Waals surface area contributed by atoms with Gasteiger partial charge in [-0.25, -0.2) is 0 Å². The van der Waals surface area contributed by atoms with Crippen molar-refractivity contribution in [1.82, 2.24) is 0 Å². The molecule has 3 aliphatic carbocycles. The van der Waals surface area contributed by atoms with Crippen LogP contribution in [0.3, 0.4) is 0 Å². The van der Waals surface area contributed by atoms with Crippen molar-refractivity contribution in [3.05, 3.63) is 65.2 Å². The van der Waals surface area contributed by atoms with E-state index >= 15 is 0 Å². The van der Waals surface area contributed by atoms with Gasteiger partial charge in [-0.15, -0.1) is 0 Å². The number of benzene rings is 2. The molecule has 0 bridgehead atoms. The Morgan fingerprint density at radius 2 is 1.86 bits per heavy atom. The lowest BCUT2D eigenvalue weighted by Gasteiger charge is -2.53. The standard InChI is InChI=1S/C26H31BrO2/c1-16-11-23-21-10-8-20(29-15-17-5-3-2-4-6-17)12-18(21)7-9-22(23)24-13-19(27)14-25(28)26(16)24/h2-6,8,10,12,16,19,22-26,28H,7,9,11,13-15H2,1H3/t16-,19+,22-,23-,24+,25+,26?/m1/s1. The number of alkyl halides is 1. The summed E-state index contributed by atoms with van der Waals surface area (Å²) in [5, 5.41) is 10.8. The van der Waals surface area contributed by atoms with Crippen molar-refractivity contribution in [2.24, 2.45) is 23.7 Å². The fraction of sp³-hybridized carbons (Fsp3) is 0.538. The van der Waals surface area contributed by atoms with E-state index in [2.05, 4.69) is 65.3 Å². The summed E-state index contributed by atoms with van der Waals surface area (Å²) in [6.07, 6.45) is 5.61. The molecule has 3 aliphatic rings. The minimum Gasteiger partial charge on any atom is -0.489 e. The van der Waals surface area contributed by atoms with E-state index in [0.717, 1.165) is 24.5 Å². The molecule has 5 rings (SSSR count). The van der Waals surface area contributed by atoms with Gasteiger partial charge in [0.05, 0.1) is 6.10 Å². The molecule has 0 aliphatic heterocycles. The van der Waals surface area contributed by atoms with E-state index in [1.165, 1.54) is 30.4 Å². The summed E-state index contributed by atoms with van der Waals surface area (Å²) >= 11 is 3.83. The Kier molecular flexibility index (Phi) is 5.47. The van der Waals surface area contributed by atoms with Crippen LogP contribution in [0.4, 0.5) is 0 Å². The molecule has 0 saturated heterocycles. The van der Waals surface area contributed by atoms with Gasteiger partial charge in [-0.05, 0) is 90.5 Å². The highest BCUT2D eigenvalue weighted by Crippen LogP contribution is 2.56. The van der Waals surface area contributed by atoms with E-state index in [1.54, 1.807) is 5.56 Å². The van der Waals surface area contributed by atoms with Gasteiger partial charge in [-0.2, -0.15) is 0 Å². The zero-order valence-corrected chi connectivity index (χ0v) is 18.7. The van der Waals surface area contributed by atoms with Crippen LogP contribution in [0.25, 0.3) is 0 Å². The van der Waals surface area contributed by atoms with Crippen molar-refractivity contribution in [1.29, 1.82) is 0 Å². The first-order chi connectivity index (χ1) is 14.1. The van der Waals surface area contributed by atoms with E-state index in [0.29, 0.717) is 35.1 Å². The van der Waals surface area contributed by atoms with E-state index < -0.39 is 0 Å². The summed E-state index contributed by atoms with van der Waals surface area (Å²) in [7, 11) is 0. The molecule has 2 nitrogen and oxygen atoms in total. The molecular formula is C26H31BrO2. The molecule has 2 aromatic rings. The Bertz CT molecular complexity index is 851. The molecule has 1 N–H and O–H groups in total. The number of hydrogen-bond acceptors (Lipinski definition) is 2. The van der Waals surface area contributed by atoms with Crippen LogP contribution in [0.15, 0.2) is 48.5 Å². The third-order valence-electron chi connectivity index (χ3n) is 7.82. The third kappa shape index (κ3) is 3.77. The molecular weight excluding hydrogens is 424 g/mol. The first-order valence-corrected chi connectivity index (χ1v) is 12.1. The molecule has 0 spiro atoms. The van der Waals surface area contributed by atoms with E-state index in [-0.39, 0.29) is 6.10 Å². The minimum absolute atomic E-state index is 0.135. The molecule has 3 heteroatoms. The van der Waals surface area contributed by atoms with E-state index in [1.807, 2.05) is 6.07 Å². The van der Waals surface area contributed by atoms with Gasteiger partial charge in [0.2, 0.25) is 0 Å². The van der Waals surface area contributed by atoms with Crippen LogP contribution in [0, 0.1) is 23.7 Å². The molecule has 2 fully saturated rings. The summed E-state index contributed by atoms with van der Waals surface area (Å²) in [6.45, 7) is 2.99. The Morgan fingerprint density at radius 3 is 2.69 bits per heavy atom. The lowest BCUT2D eigenvalue weighted by molar-refractivity contribution is -0.0534. The SMILES string of the molecule is C[C@@H]1C[C@@H]2c3ccc(OCc4ccccc4)cc3CC[C@H]2[C@@H]2C[C@H](Br)C[C@H](O)C12. The Labute approximate surface area is 182 Å². The number of hydrogen-bond donors (Lipinski definition) is 1. The number of halogens is 1. The Balaban J connectivity index is 1.36. The van der Waals surface area contributed by atoms with Crippen LogP contribution in [0.5, 0.6) is 5.75 Å². The average molecular weight is 455 g/mol. The summed E-state index contributed by atoms with van der Waals surface area (Å²) in [5.74, 6) is 4.08. The van der Waals surface area contributed by atoms with E-state index in [4.69, 9.17) is 4.74 Å². The number of ether oxygens (including phenoxy) is 1. The summed E-state index contributed by atoms with van der Waals surface area (Å²) < 4.78 is 6.09. The second-order valence-electron chi connectivity index (χ2n) is 9.53. The van der Waals surface area contributed by atoms with Gasteiger partial charge >= 0.3 is 0 Å². The topological polar surface area (TPSA) is 29.5 Å². The molecule has 2 saturated carbocycles. The lowest BCUT2D eigenvalue weighted by atomic mass is 9.53. The minimum atomic E-state index is -0.135. The van der Waals surface area contributed by atoms with Crippen molar-refractivity contribution < 1.29 is 9.84 Å². The van der Waals surface area contributed by atoms with Crippen molar-refractivity contribution in [3.8, 4) is 5.75 Å². The number of aliphatic hydroxyl groups is 1. The van der Waals surface area contributed by atoms with Crippen molar-refractivity contribution >= 4 is 15.9 Å². The van der Waals surface area contributed by atoms with Crippen LogP contribution < -0.4 is 4.74 Å². The second kappa shape index (κ2) is 8.07. The molecule has 2 aromatic carbocycles. The molecule has 0 aromatic heterocycles. The second-order valence-corrected chi connectivity index (χ2v) is 10.8. The van der Waals surface area contributed by atoms with Crippen LogP contribution in [0.2, 0.25) is 0 Å². The zero-order valence-electron chi connectivity index (χ0n) is 17.1. The smallest absolute Gasteiger partial charge is 0.120 e. The third-order valence-corrected chi connectivity index (χ3v) is 8.57. The van der Waals surface area contributed by atoms with Crippen LogP contribution in [-0.4, -0.2) is 16.0 Å². The summed E-state index contributed by atoms with van der Waals surface area (Å²) in [6, 6.07) is 17.2. The van der Waals surface area contributed by atoms with Crippen LogP contribution >= 0.6 is 15.9 Å². The molecule has 154 valence electrons. The normalized spacial score (nSPS) is 35.9. The highest BCUT2D eigenvalue weighted by atomic mass is 79.9. The van der Waals surface area contributed by atoms with Gasteiger partial charge in [0.1, 0.15) is 12.4 Å². The monoisotopic (exact) mass is 454 g/mol. The maximum Gasteiger partial charge on any atom is 0.120 e. The van der Waals surface area contributed by atoms with Gasteiger partial charge in [0, 0.05) is 4.83 Å². The average Bonchev–Trinajstić information content (AvgIpc) is 2.72. The first-order valence-electron chi connectivity index (χ1n) is 11.2. The molecule has 0 heterocycles. The predicted molar refractivity (Wildman–Crippen MR) is 120 cm³/mol. The first kappa shape index (κ1) is 19.6. The maximum absolute atomic E-state index is 10.8. The number of aliphatic hydroxyl groups excluding tert-OH is 1. The number of fused-ring (bicyclic) bond motifs is 5. The van der Waals surface area contributed by atoms with Crippen LogP contribution in [0.1, 0.15) is 55.2 Å². The largest absolute Gasteiger partial charge is 0.489 e. The molecule has 7 atom stereocenters. The predicted octanol–water partition coefficient (Wildman–Crippen LogP) is 6.10. The number of aryl methyl sites for hydroxylation is 1. The summed E-state index contributed by atoms with van der Waals surface area (Å²) in [5.41, 5.74) is 4.23. The van der Waals surface area contributed by atoms with Gasteiger partial charge < -0.3 is 9.84 Å². The molecule has 29 heavy (non-hydrogen) atoms. The van der Waals surface area contributed by atoms with Gasteiger partial charge in [0.15, 0.2) is 0 Å². The Hall–Kier alpha value is -1.32. The van der Waals surface area contributed by atoms with Gasteiger partial charge in [-0.3, -0.25) is 0 Å². The zero-order chi connectivity index (χ0) is 20.0. The lowest BCUT2D eigenvalue weighted by Crippen LogP contribution is -2.49. The molecule has 0 amide bonds. The molecule has 0 radical (unpaired) electrons. The molecule has 1 unspecified atom stereocenters. The van der Waals surface area contributed by atoms with Crippen molar-refractivity contribution in [2.45, 2.75) is 62.5 Å². The highest BCUT2D eigenvalue weighted by Gasteiger charge is 2.50. The Morgan fingerprint density at radius 1 is 1.03 bits per heavy atom. The van der Waals surface area contributed by atoms with Crippen molar-refractivity contribution in [3.63, 3.8) is 0 Å².